The maximum atomic E-state index is 5.68. The number of hydrogen-bond acceptors (Lipinski definition) is 2. The fourth-order valence-corrected chi connectivity index (χ4v) is 1.73. The summed E-state index contributed by atoms with van der Waals surface area (Å²) < 4.78 is 2.12. The summed E-state index contributed by atoms with van der Waals surface area (Å²) in [5.74, 6) is 0.514. The Bertz CT molecular complexity index is 456. The molecule has 0 saturated heterocycles. The van der Waals surface area contributed by atoms with E-state index in [1.54, 1.807) is 0 Å². The number of nitrogens with two attached hydrogens (primary N) is 1. The molecule has 1 unspecified atom stereocenters. The molecular weight excluding hydrogens is 198 g/mol. The second-order valence-corrected chi connectivity index (χ2v) is 4.09. The maximum absolute atomic E-state index is 5.68. The Morgan fingerprint density at radius 3 is 2.62 bits per heavy atom. The van der Waals surface area contributed by atoms with Gasteiger partial charge in [-0.2, -0.15) is 0 Å². The number of hydrogen-bond donors (Lipinski definition) is 1. The van der Waals surface area contributed by atoms with Crippen molar-refractivity contribution in [3.8, 4) is 5.69 Å². The van der Waals surface area contributed by atoms with Crippen LogP contribution >= 0.6 is 0 Å². The van der Waals surface area contributed by atoms with Crippen molar-refractivity contribution in [1.29, 1.82) is 0 Å². The molecular formula is C13H17N3. The van der Waals surface area contributed by atoms with Gasteiger partial charge >= 0.3 is 0 Å². The lowest BCUT2D eigenvalue weighted by Crippen LogP contribution is -2.02. The van der Waals surface area contributed by atoms with Crippen LogP contribution < -0.4 is 5.73 Å². The SMILES string of the molecule is CCC(C)c1cncn1-c1ccc(N)cc1. The summed E-state index contributed by atoms with van der Waals surface area (Å²) in [5, 5.41) is 0. The van der Waals surface area contributed by atoms with Gasteiger partial charge in [0.05, 0.1) is 6.33 Å². The highest BCUT2D eigenvalue weighted by molar-refractivity contribution is 5.45. The molecule has 2 N–H and O–H groups in total. The normalized spacial score (nSPS) is 12.6. The van der Waals surface area contributed by atoms with Crippen molar-refractivity contribution in [1.82, 2.24) is 9.55 Å². The molecule has 0 saturated carbocycles. The lowest BCUT2D eigenvalue weighted by Gasteiger charge is -2.12. The fraction of sp³-hybridized carbons (Fsp3) is 0.308. The van der Waals surface area contributed by atoms with Gasteiger partial charge in [0.15, 0.2) is 0 Å². The van der Waals surface area contributed by atoms with Gasteiger partial charge in [-0.25, -0.2) is 4.98 Å². The number of rotatable bonds is 3. The van der Waals surface area contributed by atoms with Gasteiger partial charge < -0.3 is 10.3 Å². The molecule has 0 aliphatic rings. The standard InChI is InChI=1S/C13H17N3/c1-3-10(2)13-8-15-9-16(13)12-6-4-11(14)5-7-12/h4-10H,3,14H2,1-2H3. The van der Waals surface area contributed by atoms with Crippen LogP contribution in [0.25, 0.3) is 5.69 Å². The Hall–Kier alpha value is -1.77. The summed E-state index contributed by atoms with van der Waals surface area (Å²) in [6.45, 7) is 4.40. The molecule has 1 aromatic heterocycles. The minimum atomic E-state index is 0.514. The summed E-state index contributed by atoms with van der Waals surface area (Å²) in [6.07, 6.45) is 4.90. The Kier molecular flexibility index (Phi) is 2.95. The Labute approximate surface area is 95.9 Å². The third kappa shape index (κ3) is 1.94. The lowest BCUT2D eigenvalue weighted by atomic mass is 10.1. The van der Waals surface area contributed by atoms with Crippen LogP contribution in [-0.2, 0) is 0 Å². The Balaban J connectivity index is 2.40. The zero-order valence-corrected chi connectivity index (χ0v) is 9.72. The van der Waals surface area contributed by atoms with Crippen LogP contribution in [0.5, 0.6) is 0 Å². The first-order valence-electron chi connectivity index (χ1n) is 5.60. The molecule has 1 atom stereocenters. The number of anilines is 1. The fourth-order valence-electron chi connectivity index (χ4n) is 1.73. The summed E-state index contributed by atoms with van der Waals surface area (Å²) in [7, 11) is 0. The van der Waals surface area contributed by atoms with Gasteiger partial charge in [0.2, 0.25) is 0 Å². The van der Waals surface area contributed by atoms with Crippen LogP contribution in [0.15, 0.2) is 36.8 Å². The van der Waals surface area contributed by atoms with E-state index in [2.05, 4.69) is 23.4 Å². The highest BCUT2D eigenvalue weighted by Crippen LogP contribution is 2.22. The zero-order chi connectivity index (χ0) is 11.5. The third-order valence-electron chi connectivity index (χ3n) is 2.96. The van der Waals surface area contributed by atoms with Crippen molar-refractivity contribution in [2.75, 3.05) is 5.73 Å². The molecule has 1 heterocycles. The van der Waals surface area contributed by atoms with E-state index in [4.69, 9.17) is 5.73 Å². The molecule has 0 bridgehead atoms. The number of imidazole rings is 1. The van der Waals surface area contributed by atoms with E-state index in [-0.39, 0.29) is 0 Å². The zero-order valence-electron chi connectivity index (χ0n) is 9.72. The van der Waals surface area contributed by atoms with Crippen molar-refractivity contribution in [2.45, 2.75) is 26.2 Å². The first kappa shape index (κ1) is 10.7. The smallest absolute Gasteiger partial charge is 0.0994 e. The molecule has 0 spiro atoms. The quantitative estimate of drug-likeness (QED) is 0.800. The van der Waals surface area contributed by atoms with Crippen molar-refractivity contribution < 1.29 is 0 Å². The number of benzene rings is 1. The van der Waals surface area contributed by atoms with Crippen molar-refractivity contribution in [3.63, 3.8) is 0 Å². The molecule has 0 radical (unpaired) electrons. The van der Waals surface area contributed by atoms with E-state index in [1.807, 2.05) is 36.8 Å². The molecule has 2 aromatic rings. The van der Waals surface area contributed by atoms with Crippen LogP contribution in [0.3, 0.4) is 0 Å². The van der Waals surface area contributed by atoms with E-state index in [1.165, 1.54) is 5.69 Å². The molecule has 3 heteroatoms. The third-order valence-corrected chi connectivity index (χ3v) is 2.96. The second kappa shape index (κ2) is 4.39. The van der Waals surface area contributed by atoms with E-state index < -0.39 is 0 Å². The molecule has 84 valence electrons. The number of nitrogen functional groups attached to an aromatic ring is 1. The minimum absolute atomic E-state index is 0.514. The largest absolute Gasteiger partial charge is 0.399 e. The van der Waals surface area contributed by atoms with E-state index in [0.717, 1.165) is 17.8 Å². The molecule has 0 fully saturated rings. The second-order valence-electron chi connectivity index (χ2n) is 4.09. The predicted molar refractivity (Wildman–Crippen MR) is 66.7 cm³/mol. The van der Waals surface area contributed by atoms with Gasteiger partial charge in [-0.1, -0.05) is 13.8 Å². The highest BCUT2D eigenvalue weighted by Gasteiger charge is 2.09. The Morgan fingerprint density at radius 2 is 2.00 bits per heavy atom. The molecule has 16 heavy (non-hydrogen) atoms. The van der Waals surface area contributed by atoms with E-state index >= 15 is 0 Å². The number of nitrogens with zero attached hydrogens (tertiary/aromatic N) is 2. The molecule has 0 aliphatic heterocycles. The minimum Gasteiger partial charge on any atom is -0.399 e. The van der Waals surface area contributed by atoms with Gasteiger partial charge in [-0.3, -0.25) is 0 Å². The van der Waals surface area contributed by atoms with Crippen LogP contribution in [-0.4, -0.2) is 9.55 Å². The predicted octanol–water partition coefficient (Wildman–Crippen LogP) is 2.97. The van der Waals surface area contributed by atoms with Gasteiger partial charge in [0, 0.05) is 23.3 Å². The average Bonchev–Trinajstić information content (AvgIpc) is 2.78. The molecule has 0 aliphatic carbocycles. The van der Waals surface area contributed by atoms with Crippen molar-refractivity contribution >= 4 is 5.69 Å². The van der Waals surface area contributed by atoms with E-state index in [9.17, 15) is 0 Å². The first-order chi connectivity index (χ1) is 7.72. The van der Waals surface area contributed by atoms with Gasteiger partial charge in [0.1, 0.15) is 0 Å². The van der Waals surface area contributed by atoms with Crippen LogP contribution in [0.4, 0.5) is 5.69 Å². The van der Waals surface area contributed by atoms with Crippen LogP contribution in [0.2, 0.25) is 0 Å². The first-order valence-corrected chi connectivity index (χ1v) is 5.60. The van der Waals surface area contributed by atoms with Gasteiger partial charge in [-0.05, 0) is 36.6 Å². The summed E-state index contributed by atoms with van der Waals surface area (Å²) >= 11 is 0. The van der Waals surface area contributed by atoms with Crippen LogP contribution in [0, 0.1) is 0 Å². The van der Waals surface area contributed by atoms with Crippen molar-refractivity contribution in [3.05, 3.63) is 42.5 Å². The summed E-state index contributed by atoms with van der Waals surface area (Å²) in [4.78, 5) is 4.22. The highest BCUT2D eigenvalue weighted by atomic mass is 15.1. The Morgan fingerprint density at radius 1 is 1.31 bits per heavy atom. The lowest BCUT2D eigenvalue weighted by molar-refractivity contribution is 0.690. The van der Waals surface area contributed by atoms with Gasteiger partial charge in [0.25, 0.3) is 0 Å². The maximum Gasteiger partial charge on any atom is 0.0994 e. The molecule has 1 aromatic carbocycles. The number of aromatic nitrogens is 2. The summed E-state index contributed by atoms with van der Waals surface area (Å²) in [5.41, 5.74) is 8.82. The molecule has 3 nitrogen and oxygen atoms in total. The van der Waals surface area contributed by atoms with E-state index in [0.29, 0.717) is 5.92 Å². The topological polar surface area (TPSA) is 43.8 Å². The molecule has 0 amide bonds. The summed E-state index contributed by atoms with van der Waals surface area (Å²) in [6, 6.07) is 7.86. The van der Waals surface area contributed by atoms with Crippen molar-refractivity contribution in [2.24, 2.45) is 0 Å². The molecule has 2 rings (SSSR count). The monoisotopic (exact) mass is 215 g/mol. The van der Waals surface area contributed by atoms with Crippen LogP contribution in [0.1, 0.15) is 31.9 Å². The van der Waals surface area contributed by atoms with Gasteiger partial charge in [-0.15, -0.1) is 0 Å². The average molecular weight is 215 g/mol.